The fraction of sp³-hybridized carbons (Fsp3) is 0.333. The van der Waals surface area contributed by atoms with E-state index in [9.17, 15) is 4.79 Å². The van der Waals surface area contributed by atoms with Crippen LogP contribution in [0.15, 0.2) is 40.9 Å². The van der Waals surface area contributed by atoms with Gasteiger partial charge in [-0.25, -0.2) is 0 Å². The van der Waals surface area contributed by atoms with E-state index in [4.69, 9.17) is 4.52 Å². The van der Waals surface area contributed by atoms with Gasteiger partial charge in [-0.05, 0) is 31.4 Å². The van der Waals surface area contributed by atoms with Gasteiger partial charge in [0.25, 0.3) is 5.91 Å². The van der Waals surface area contributed by atoms with Crippen molar-refractivity contribution in [3.05, 3.63) is 42.1 Å². The lowest BCUT2D eigenvalue weighted by atomic mass is 10.1. The number of hydrogen-bond donors (Lipinski definition) is 1. The summed E-state index contributed by atoms with van der Waals surface area (Å²) >= 11 is 0. The molecule has 20 heavy (non-hydrogen) atoms. The second kappa shape index (κ2) is 5.77. The van der Waals surface area contributed by atoms with Crippen molar-refractivity contribution < 1.29 is 9.32 Å². The summed E-state index contributed by atoms with van der Waals surface area (Å²) in [4.78, 5) is 14.2. The highest BCUT2D eigenvalue weighted by molar-refractivity contribution is 6.03. The largest absolute Gasteiger partial charge is 0.341 e. The molecule has 1 saturated heterocycles. The smallest absolute Gasteiger partial charge is 0.277 e. The lowest BCUT2D eigenvalue weighted by Gasteiger charge is -2.25. The van der Waals surface area contributed by atoms with E-state index in [0.717, 1.165) is 31.6 Å². The maximum Gasteiger partial charge on any atom is 0.277 e. The van der Waals surface area contributed by atoms with E-state index in [-0.39, 0.29) is 5.91 Å². The Balaban J connectivity index is 1.68. The van der Waals surface area contributed by atoms with Gasteiger partial charge in [0.05, 0.1) is 0 Å². The van der Waals surface area contributed by atoms with Crippen LogP contribution in [0.1, 0.15) is 29.8 Å². The number of para-hydroxylation sites is 1. The molecule has 1 aliphatic rings. The number of carbonyl (C=O) groups is 1. The summed E-state index contributed by atoms with van der Waals surface area (Å²) in [5, 5.41) is 6.65. The molecule has 2 heterocycles. The van der Waals surface area contributed by atoms with Crippen molar-refractivity contribution in [1.29, 1.82) is 0 Å². The van der Waals surface area contributed by atoms with Gasteiger partial charge in [0.1, 0.15) is 0 Å². The van der Waals surface area contributed by atoms with Gasteiger partial charge in [-0.15, -0.1) is 0 Å². The highest BCUT2D eigenvalue weighted by atomic mass is 16.5. The van der Waals surface area contributed by atoms with Crippen LogP contribution in [-0.2, 0) is 0 Å². The van der Waals surface area contributed by atoms with E-state index >= 15 is 0 Å². The first-order valence-corrected chi connectivity index (χ1v) is 6.91. The van der Waals surface area contributed by atoms with Crippen LogP contribution >= 0.6 is 0 Å². The van der Waals surface area contributed by atoms with Gasteiger partial charge < -0.3 is 14.7 Å². The number of amides is 1. The quantitative estimate of drug-likeness (QED) is 0.932. The normalized spacial score (nSPS) is 15.1. The minimum atomic E-state index is -0.247. The zero-order valence-corrected chi connectivity index (χ0v) is 11.2. The average Bonchev–Trinajstić information content (AvgIpc) is 2.99. The van der Waals surface area contributed by atoms with E-state index in [1.54, 1.807) is 6.07 Å². The predicted octanol–water partition coefficient (Wildman–Crippen LogP) is 2.92. The number of hydrogen-bond acceptors (Lipinski definition) is 4. The molecule has 1 amide bonds. The Morgan fingerprint density at radius 2 is 1.90 bits per heavy atom. The first-order chi connectivity index (χ1) is 9.83. The van der Waals surface area contributed by atoms with E-state index in [1.807, 2.05) is 30.3 Å². The molecule has 0 aliphatic carbocycles. The monoisotopic (exact) mass is 271 g/mol. The lowest BCUT2D eigenvalue weighted by Crippen LogP contribution is -2.28. The van der Waals surface area contributed by atoms with Crippen LogP contribution in [-0.4, -0.2) is 24.2 Å². The van der Waals surface area contributed by atoms with Gasteiger partial charge in [0, 0.05) is 24.8 Å². The topological polar surface area (TPSA) is 58.4 Å². The fourth-order valence-corrected chi connectivity index (χ4v) is 2.35. The summed E-state index contributed by atoms with van der Waals surface area (Å²) in [7, 11) is 0. The van der Waals surface area contributed by atoms with Gasteiger partial charge in [0.15, 0.2) is 5.69 Å². The van der Waals surface area contributed by atoms with Crippen LogP contribution in [0.5, 0.6) is 0 Å². The Hall–Kier alpha value is -2.30. The third kappa shape index (κ3) is 2.82. The van der Waals surface area contributed by atoms with E-state index < -0.39 is 0 Å². The van der Waals surface area contributed by atoms with Gasteiger partial charge in [-0.3, -0.25) is 4.79 Å². The van der Waals surface area contributed by atoms with Crippen molar-refractivity contribution in [2.24, 2.45) is 0 Å². The minimum absolute atomic E-state index is 0.247. The second-order valence-electron chi connectivity index (χ2n) is 4.92. The molecular weight excluding hydrogens is 254 g/mol. The molecule has 0 radical (unpaired) electrons. The molecule has 1 aromatic carbocycles. The molecule has 5 heteroatoms. The standard InChI is InChI=1S/C15H17N3O2/c19-15(16-12-7-3-1-4-8-12)13-11-14(20-17-13)18-9-5-2-6-10-18/h1,3-4,7-8,11H,2,5-6,9-10H2,(H,16,19). The molecule has 0 spiro atoms. The summed E-state index contributed by atoms with van der Waals surface area (Å²) < 4.78 is 5.28. The maximum atomic E-state index is 12.1. The minimum Gasteiger partial charge on any atom is -0.341 e. The van der Waals surface area contributed by atoms with E-state index in [0.29, 0.717) is 11.6 Å². The molecule has 0 bridgehead atoms. The Kier molecular flexibility index (Phi) is 3.67. The first kappa shape index (κ1) is 12.7. The number of carbonyl (C=O) groups excluding carboxylic acids is 1. The summed E-state index contributed by atoms with van der Waals surface area (Å²) in [5.74, 6) is 0.436. The molecule has 2 aromatic rings. The number of anilines is 2. The van der Waals surface area contributed by atoms with Crippen LogP contribution in [0.2, 0.25) is 0 Å². The van der Waals surface area contributed by atoms with Crippen LogP contribution in [0, 0.1) is 0 Å². The van der Waals surface area contributed by atoms with E-state index in [1.165, 1.54) is 6.42 Å². The van der Waals surface area contributed by atoms with Gasteiger partial charge in [-0.1, -0.05) is 23.4 Å². The molecule has 5 nitrogen and oxygen atoms in total. The first-order valence-electron chi connectivity index (χ1n) is 6.91. The number of piperidine rings is 1. The molecule has 1 aliphatic heterocycles. The Labute approximate surface area is 117 Å². The molecule has 104 valence electrons. The van der Waals surface area contributed by atoms with Crippen molar-refractivity contribution in [1.82, 2.24) is 5.16 Å². The number of nitrogens with zero attached hydrogens (tertiary/aromatic N) is 2. The third-order valence-electron chi connectivity index (χ3n) is 3.43. The molecule has 0 unspecified atom stereocenters. The van der Waals surface area contributed by atoms with Crippen molar-refractivity contribution >= 4 is 17.5 Å². The van der Waals surface area contributed by atoms with Crippen molar-refractivity contribution in [2.45, 2.75) is 19.3 Å². The Morgan fingerprint density at radius 3 is 2.65 bits per heavy atom. The molecule has 0 saturated carbocycles. The molecule has 3 rings (SSSR count). The average molecular weight is 271 g/mol. The summed E-state index contributed by atoms with van der Waals surface area (Å²) in [6.07, 6.45) is 3.57. The second-order valence-corrected chi connectivity index (χ2v) is 4.92. The summed E-state index contributed by atoms with van der Waals surface area (Å²) in [6.45, 7) is 1.93. The van der Waals surface area contributed by atoms with Crippen LogP contribution in [0.4, 0.5) is 11.6 Å². The molecule has 1 aromatic heterocycles. The Bertz CT molecular complexity index is 574. The van der Waals surface area contributed by atoms with Gasteiger partial charge >= 0.3 is 0 Å². The van der Waals surface area contributed by atoms with Crippen LogP contribution < -0.4 is 10.2 Å². The Morgan fingerprint density at radius 1 is 1.15 bits per heavy atom. The predicted molar refractivity (Wildman–Crippen MR) is 77.0 cm³/mol. The van der Waals surface area contributed by atoms with Crippen LogP contribution in [0.3, 0.4) is 0 Å². The summed E-state index contributed by atoms with van der Waals surface area (Å²) in [5.41, 5.74) is 1.06. The van der Waals surface area contributed by atoms with Crippen LogP contribution in [0.25, 0.3) is 0 Å². The molecule has 0 atom stereocenters. The van der Waals surface area contributed by atoms with E-state index in [2.05, 4.69) is 15.4 Å². The number of benzene rings is 1. The summed E-state index contributed by atoms with van der Waals surface area (Å²) in [6, 6.07) is 11.0. The molecular formula is C15H17N3O2. The van der Waals surface area contributed by atoms with Crippen molar-refractivity contribution in [2.75, 3.05) is 23.3 Å². The third-order valence-corrected chi connectivity index (χ3v) is 3.43. The highest BCUT2D eigenvalue weighted by Gasteiger charge is 2.18. The highest BCUT2D eigenvalue weighted by Crippen LogP contribution is 2.21. The van der Waals surface area contributed by atoms with Crippen molar-refractivity contribution in [3.8, 4) is 0 Å². The fourth-order valence-electron chi connectivity index (χ4n) is 2.35. The van der Waals surface area contributed by atoms with Crippen molar-refractivity contribution in [3.63, 3.8) is 0 Å². The maximum absolute atomic E-state index is 12.1. The SMILES string of the molecule is O=C(Nc1ccccc1)c1cc(N2CCCCC2)on1. The molecule has 1 fully saturated rings. The number of nitrogens with one attached hydrogen (secondary N) is 1. The zero-order chi connectivity index (χ0) is 13.8. The van der Waals surface area contributed by atoms with Gasteiger partial charge in [-0.2, -0.15) is 0 Å². The van der Waals surface area contributed by atoms with Gasteiger partial charge in [0.2, 0.25) is 5.88 Å². The zero-order valence-electron chi connectivity index (χ0n) is 11.2. The number of rotatable bonds is 3. The number of aromatic nitrogens is 1. The molecule has 1 N–H and O–H groups in total. The lowest BCUT2D eigenvalue weighted by molar-refractivity contribution is 0.101.